The zero-order chi connectivity index (χ0) is 21.5. The van der Waals surface area contributed by atoms with Crippen LogP contribution in [0.3, 0.4) is 0 Å². The van der Waals surface area contributed by atoms with Crippen molar-refractivity contribution in [2.24, 2.45) is 0 Å². The van der Waals surface area contributed by atoms with Gasteiger partial charge in [0.15, 0.2) is 0 Å². The van der Waals surface area contributed by atoms with Crippen LogP contribution in [-0.4, -0.2) is 75.3 Å². The molecule has 162 valence electrons. The molecule has 0 N–H and O–H groups in total. The van der Waals surface area contributed by atoms with E-state index in [2.05, 4.69) is 14.4 Å². The lowest BCUT2D eigenvalue weighted by molar-refractivity contribution is -0.154. The van der Waals surface area contributed by atoms with Gasteiger partial charge in [-0.05, 0) is 25.9 Å². The van der Waals surface area contributed by atoms with E-state index in [9.17, 15) is 19.2 Å². The smallest absolute Gasteiger partial charge is 0.331 e. The van der Waals surface area contributed by atoms with Crippen molar-refractivity contribution < 1.29 is 38.1 Å². The lowest BCUT2D eigenvalue weighted by Gasteiger charge is -2.28. The van der Waals surface area contributed by atoms with E-state index in [4.69, 9.17) is 9.47 Å². The molecule has 0 aromatic heterocycles. The number of likely N-dealkylation sites (tertiary alicyclic amines) is 1. The monoisotopic (exact) mass is 411 g/mol. The second-order valence-corrected chi connectivity index (χ2v) is 6.47. The predicted molar refractivity (Wildman–Crippen MR) is 103 cm³/mol. The summed E-state index contributed by atoms with van der Waals surface area (Å²) in [6, 6.07) is 0. The molecular formula is C20H29NO8. The molecule has 1 saturated heterocycles. The molecule has 9 heteroatoms. The summed E-state index contributed by atoms with van der Waals surface area (Å²) in [5.41, 5.74) is 0. The van der Waals surface area contributed by atoms with Gasteiger partial charge in [0.2, 0.25) is 0 Å². The highest BCUT2D eigenvalue weighted by molar-refractivity contribution is 5.92. The van der Waals surface area contributed by atoms with E-state index < -0.39 is 30.0 Å². The van der Waals surface area contributed by atoms with Gasteiger partial charge in [-0.25, -0.2) is 19.2 Å². The Bertz CT molecular complexity index is 606. The molecule has 0 amide bonds. The molecule has 1 aliphatic rings. The molecular weight excluding hydrogens is 382 g/mol. The van der Waals surface area contributed by atoms with Gasteiger partial charge in [-0.2, -0.15) is 0 Å². The zero-order valence-corrected chi connectivity index (χ0v) is 17.0. The van der Waals surface area contributed by atoms with Crippen molar-refractivity contribution in [2.45, 2.75) is 38.2 Å². The van der Waals surface area contributed by atoms with Crippen LogP contribution in [0.1, 0.15) is 32.1 Å². The van der Waals surface area contributed by atoms with Crippen LogP contribution in [0.2, 0.25) is 0 Å². The largest absolute Gasteiger partial charge is 0.466 e. The maximum atomic E-state index is 12.0. The first kappa shape index (κ1) is 24.4. The number of rotatable bonds is 9. The average molecular weight is 411 g/mol. The summed E-state index contributed by atoms with van der Waals surface area (Å²) in [5.74, 6) is -2.86. The minimum Gasteiger partial charge on any atom is -0.466 e. The third kappa shape index (κ3) is 11.7. The van der Waals surface area contributed by atoms with Crippen molar-refractivity contribution in [3.8, 4) is 0 Å². The Morgan fingerprint density at radius 1 is 0.759 bits per heavy atom. The molecule has 0 aliphatic carbocycles. The van der Waals surface area contributed by atoms with Crippen molar-refractivity contribution >= 4 is 23.9 Å². The Kier molecular flexibility index (Phi) is 12.0. The fourth-order valence-corrected chi connectivity index (χ4v) is 2.74. The molecule has 1 rings (SSSR count). The third-order valence-electron chi connectivity index (χ3n) is 4.22. The lowest BCUT2D eigenvalue weighted by Crippen LogP contribution is -2.39. The van der Waals surface area contributed by atoms with Gasteiger partial charge in [0.1, 0.15) is 12.7 Å². The van der Waals surface area contributed by atoms with Gasteiger partial charge in [-0.3, -0.25) is 4.90 Å². The second kappa shape index (κ2) is 14.3. The number of methoxy groups -OCH3 is 2. The molecule has 9 nitrogen and oxygen atoms in total. The van der Waals surface area contributed by atoms with E-state index in [1.807, 2.05) is 0 Å². The molecule has 1 fully saturated rings. The first-order valence-electron chi connectivity index (χ1n) is 9.56. The molecule has 1 atom stereocenters. The summed E-state index contributed by atoms with van der Waals surface area (Å²) < 4.78 is 19.3. The number of hydrogen-bond acceptors (Lipinski definition) is 9. The quantitative estimate of drug-likeness (QED) is 0.314. The normalized spacial score (nSPS) is 16.6. The van der Waals surface area contributed by atoms with E-state index >= 15 is 0 Å². The Labute approximate surface area is 170 Å². The van der Waals surface area contributed by atoms with Gasteiger partial charge < -0.3 is 18.9 Å². The Morgan fingerprint density at radius 2 is 1.24 bits per heavy atom. The van der Waals surface area contributed by atoms with Crippen LogP contribution in [0, 0.1) is 0 Å². The van der Waals surface area contributed by atoms with E-state index in [0.29, 0.717) is 6.54 Å². The fourth-order valence-electron chi connectivity index (χ4n) is 2.74. The predicted octanol–water partition coefficient (Wildman–Crippen LogP) is 1.17. The summed E-state index contributed by atoms with van der Waals surface area (Å²) in [6.07, 6.45) is 8.69. The van der Waals surface area contributed by atoms with E-state index in [-0.39, 0.29) is 6.61 Å². The topological polar surface area (TPSA) is 108 Å². The fraction of sp³-hybridized carbons (Fsp3) is 0.600. The highest BCUT2D eigenvalue weighted by Crippen LogP contribution is 2.12. The Morgan fingerprint density at radius 3 is 1.79 bits per heavy atom. The molecule has 0 aromatic carbocycles. The molecule has 1 heterocycles. The van der Waals surface area contributed by atoms with Crippen LogP contribution >= 0.6 is 0 Å². The SMILES string of the molecule is COC(=O)/C=C/C(=O)OCC(CN1CCCCCCC1)OC(=O)/C=C/C(=O)OC. The van der Waals surface area contributed by atoms with E-state index in [1.165, 1.54) is 20.6 Å². The standard InChI is InChI=1S/C20H29NO8/c1-26-17(22)8-10-19(24)28-15-16(29-20(25)11-9-18(23)27-2)14-21-12-6-4-3-5-7-13-21/h8-11,16H,3-7,12-15H2,1-2H3/b10-8+,11-9+. The number of nitrogens with zero attached hydrogens (tertiary/aromatic N) is 1. The molecule has 0 spiro atoms. The van der Waals surface area contributed by atoms with Crippen molar-refractivity contribution in [1.29, 1.82) is 0 Å². The van der Waals surface area contributed by atoms with Crippen LogP contribution in [0.4, 0.5) is 0 Å². The number of carbonyl (C=O) groups excluding carboxylic acids is 4. The molecule has 0 radical (unpaired) electrons. The van der Waals surface area contributed by atoms with Gasteiger partial charge in [0, 0.05) is 30.8 Å². The van der Waals surface area contributed by atoms with Crippen LogP contribution in [-0.2, 0) is 38.1 Å². The van der Waals surface area contributed by atoms with Crippen molar-refractivity contribution in [3.63, 3.8) is 0 Å². The molecule has 1 aliphatic heterocycles. The van der Waals surface area contributed by atoms with E-state index in [0.717, 1.165) is 63.1 Å². The van der Waals surface area contributed by atoms with E-state index in [1.54, 1.807) is 0 Å². The maximum Gasteiger partial charge on any atom is 0.331 e. The third-order valence-corrected chi connectivity index (χ3v) is 4.22. The summed E-state index contributed by atoms with van der Waals surface area (Å²) in [6.45, 7) is 1.94. The summed E-state index contributed by atoms with van der Waals surface area (Å²) in [4.78, 5) is 48.1. The van der Waals surface area contributed by atoms with Crippen LogP contribution < -0.4 is 0 Å². The number of ether oxygens (including phenoxy) is 4. The summed E-state index contributed by atoms with van der Waals surface area (Å²) in [5, 5.41) is 0. The van der Waals surface area contributed by atoms with Crippen molar-refractivity contribution in [2.75, 3.05) is 40.5 Å². The molecule has 0 aromatic rings. The first-order valence-corrected chi connectivity index (χ1v) is 9.56. The van der Waals surface area contributed by atoms with Crippen LogP contribution in [0.5, 0.6) is 0 Å². The van der Waals surface area contributed by atoms with Crippen molar-refractivity contribution in [3.05, 3.63) is 24.3 Å². The van der Waals surface area contributed by atoms with Gasteiger partial charge in [0.25, 0.3) is 0 Å². The lowest BCUT2D eigenvalue weighted by atomic mass is 10.1. The van der Waals surface area contributed by atoms with Gasteiger partial charge in [-0.1, -0.05) is 19.3 Å². The highest BCUT2D eigenvalue weighted by atomic mass is 16.6. The number of carbonyl (C=O) groups is 4. The molecule has 29 heavy (non-hydrogen) atoms. The number of esters is 4. The molecule has 1 unspecified atom stereocenters. The molecule has 0 saturated carbocycles. The van der Waals surface area contributed by atoms with Crippen molar-refractivity contribution in [1.82, 2.24) is 4.90 Å². The second-order valence-electron chi connectivity index (χ2n) is 6.47. The van der Waals surface area contributed by atoms with Crippen LogP contribution in [0.15, 0.2) is 24.3 Å². The van der Waals surface area contributed by atoms with Crippen LogP contribution in [0.25, 0.3) is 0 Å². The molecule has 0 bridgehead atoms. The Hall–Kier alpha value is -2.68. The minimum atomic E-state index is -0.755. The zero-order valence-electron chi connectivity index (χ0n) is 17.0. The van der Waals surface area contributed by atoms with Gasteiger partial charge in [0.05, 0.1) is 14.2 Å². The minimum absolute atomic E-state index is 0.182. The van der Waals surface area contributed by atoms with Gasteiger partial charge in [-0.15, -0.1) is 0 Å². The number of hydrogen-bond donors (Lipinski definition) is 0. The highest BCUT2D eigenvalue weighted by Gasteiger charge is 2.20. The summed E-state index contributed by atoms with van der Waals surface area (Å²) in [7, 11) is 2.39. The Balaban J connectivity index is 2.67. The first-order chi connectivity index (χ1) is 13.9. The average Bonchev–Trinajstić information content (AvgIpc) is 2.69. The van der Waals surface area contributed by atoms with Gasteiger partial charge >= 0.3 is 23.9 Å². The summed E-state index contributed by atoms with van der Waals surface area (Å²) >= 11 is 0. The maximum absolute atomic E-state index is 12.0.